The zero-order valence-electron chi connectivity index (χ0n) is 16.6. The Morgan fingerprint density at radius 3 is 2.52 bits per heavy atom. The lowest BCUT2D eigenvalue weighted by atomic mass is 9.97. The number of benzene rings is 2. The van der Waals surface area contributed by atoms with E-state index in [9.17, 15) is 9.59 Å². The van der Waals surface area contributed by atoms with Gasteiger partial charge in [-0.25, -0.2) is 0 Å². The van der Waals surface area contributed by atoms with Gasteiger partial charge in [-0.05, 0) is 44.4 Å². The molecule has 2 aliphatic rings. The second-order valence-corrected chi connectivity index (χ2v) is 8.08. The largest absolute Gasteiger partial charge is 0.450 e. The van der Waals surface area contributed by atoms with Gasteiger partial charge < -0.3 is 14.1 Å². The highest BCUT2D eigenvalue weighted by atomic mass is 16.5. The number of carbonyl (C=O) groups excluding carboxylic acids is 1. The Bertz CT molecular complexity index is 1160. The highest BCUT2D eigenvalue weighted by molar-refractivity contribution is 5.99. The number of ether oxygens (including phenoxy) is 1. The van der Waals surface area contributed by atoms with Crippen molar-refractivity contribution in [2.75, 3.05) is 13.2 Å². The molecule has 0 spiro atoms. The van der Waals surface area contributed by atoms with E-state index in [1.165, 1.54) is 0 Å². The Hall–Kier alpha value is -2.92. The predicted molar refractivity (Wildman–Crippen MR) is 110 cm³/mol. The summed E-state index contributed by atoms with van der Waals surface area (Å²) in [4.78, 5) is 28.6. The van der Waals surface area contributed by atoms with Gasteiger partial charge in [0.2, 0.25) is 5.76 Å². The minimum absolute atomic E-state index is 0.00651. The van der Waals surface area contributed by atoms with Gasteiger partial charge in [0.1, 0.15) is 5.58 Å². The number of amides is 1. The van der Waals surface area contributed by atoms with Crippen molar-refractivity contribution in [2.45, 2.75) is 38.8 Å². The molecule has 2 atom stereocenters. The van der Waals surface area contributed by atoms with Gasteiger partial charge in [-0.2, -0.15) is 0 Å². The highest BCUT2D eigenvalue weighted by Gasteiger charge is 2.43. The van der Waals surface area contributed by atoms with Crippen LogP contribution in [-0.4, -0.2) is 30.1 Å². The molecule has 5 heteroatoms. The molecule has 1 saturated heterocycles. The average molecular weight is 389 g/mol. The normalized spacial score (nSPS) is 21.2. The molecule has 5 nitrogen and oxygen atoms in total. The van der Waals surface area contributed by atoms with Crippen molar-refractivity contribution < 1.29 is 13.9 Å². The average Bonchev–Trinajstić information content (AvgIpc) is 3.32. The molecule has 0 saturated carbocycles. The Labute approximate surface area is 168 Å². The van der Waals surface area contributed by atoms with E-state index in [1.54, 1.807) is 11.0 Å². The van der Waals surface area contributed by atoms with E-state index >= 15 is 0 Å². The van der Waals surface area contributed by atoms with Gasteiger partial charge in [-0.1, -0.05) is 41.5 Å². The maximum absolute atomic E-state index is 13.5. The number of carbonyl (C=O) groups is 1. The van der Waals surface area contributed by atoms with Crippen molar-refractivity contribution in [3.05, 3.63) is 80.7 Å². The van der Waals surface area contributed by atoms with Crippen LogP contribution in [-0.2, 0) is 4.74 Å². The first-order chi connectivity index (χ1) is 14.0. The molecule has 3 heterocycles. The van der Waals surface area contributed by atoms with Crippen LogP contribution in [0.25, 0.3) is 11.0 Å². The lowest BCUT2D eigenvalue weighted by Gasteiger charge is -2.27. The van der Waals surface area contributed by atoms with Crippen molar-refractivity contribution in [1.82, 2.24) is 4.90 Å². The van der Waals surface area contributed by atoms with Gasteiger partial charge in [0.25, 0.3) is 5.91 Å². The smallest absolute Gasteiger partial charge is 0.291 e. The topological polar surface area (TPSA) is 59.8 Å². The fraction of sp³-hybridized carbons (Fsp3) is 0.333. The van der Waals surface area contributed by atoms with Crippen molar-refractivity contribution >= 4 is 16.9 Å². The van der Waals surface area contributed by atoms with E-state index in [2.05, 4.69) is 0 Å². The predicted octanol–water partition coefficient (Wildman–Crippen LogP) is 4.13. The summed E-state index contributed by atoms with van der Waals surface area (Å²) < 4.78 is 11.8. The molecule has 3 aromatic rings. The number of nitrogens with zero attached hydrogens (tertiary/aromatic N) is 1. The molecular formula is C24H23NO4. The van der Waals surface area contributed by atoms with Crippen LogP contribution in [0.1, 0.15) is 51.7 Å². The summed E-state index contributed by atoms with van der Waals surface area (Å²) in [5, 5.41) is 0.521. The van der Waals surface area contributed by atoms with E-state index in [0.29, 0.717) is 23.1 Å². The van der Waals surface area contributed by atoms with Crippen LogP contribution >= 0.6 is 0 Å². The van der Waals surface area contributed by atoms with E-state index in [4.69, 9.17) is 9.15 Å². The van der Waals surface area contributed by atoms with Gasteiger partial charge in [0, 0.05) is 13.2 Å². The van der Waals surface area contributed by atoms with Gasteiger partial charge in [-0.3, -0.25) is 9.59 Å². The molecular weight excluding hydrogens is 366 g/mol. The zero-order chi connectivity index (χ0) is 20.1. The van der Waals surface area contributed by atoms with Crippen molar-refractivity contribution in [3.63, 3.8) is 0 Å². The van der Waals surface area contributed by atoms with Crippen molar-refractivity contribution in [3.8, 4) is 0 Å². The van der Waals surface area contributed by atoms with E-state index < -0.39 is 6.04 Å². The van der Waals surface area contributed by atoms with Crippen molar-refractivity contribution in [1.29, 1.82) is 0 Å². The SMILES string of the molecule is Cc1ccc(C2c3c(oc4ccc(C)cc4c3=O)C(=O)N2CC2CCCO2)cc1. The fourth-order valence-electron chi connectivity index (χ4n) is 4.43. The number of rotatable bonds is 3. The van der Waals surface area contributed by atoms with E-state index in [0.717, 1.165) is 36.1 Å². The minimum atomic E-state index is -0.455. The van der Waals surface area contributed by atoms with Crippen LogP contribution in [0.4, 0.5) is 0 Å². The standard InChI is InChI=1S/C24H23NO4/c1-14-5-8-16(9-6-14)21-20-22(26)18-12-15(2)7-10-19(18)29-23(20)24(27)25(21)13-17-4-3-11-28-17/h5-10,12,17,21H,3-4,11,13H2,1-2H3. The van der Waals surface area contributed by atoms with E-state index in [1.807, 2.05) is 50.2 Å². The molecule has 0 N–H and O–H groups in total. The molecule has 2 aromatic carbocycles. The molecule has 5 rings (SSSR count). The Morgan fingerprint density at radius 2 is 1.79 bits per heavy atom. The second kappa shape index (κ2) is 6.85. The summed E-state index contributed by atoms with van der Waals surface area (Å²) in [6.07, 6.45) is 1.91. The van der Waals surface area contributed by atoms with Gasteiger partial charge >= 0.3 is 0 Å². The third-order valence-electron chi connectivity index (χ3n) is 5.94. The Kier molecular flexibility index (Phi) is 4.28. The molecule has 29 heavy (non-hydrogen) atoms. The van der Waals surface area contributed by atoms with Crippen LogP contribution in [0, 0.1) is 13.8 Å². The lowest BCUT2D eigenvalue weighted by Crippen LogP contribution is -2.36. The first-order valence-corrected chi connectivity index (χ1v) is 10.1. The summed E-state index contributed by atoms with van der Waals surface area (Å²) >= 11 is 0. The molecule has 2 unspecified atom stereocenters. The molecule has 1 amide bonds. The molecule has 2 aliphatic heterocycles. The third-order valence-corrected chi connectivity index (χ3v) is 5.94. The monoisotopic (exact) mass is 389 g/mol. The Morgan fingerprint density at radius 1 is 1.03 bits per heavy atom. The molecule has 148 valence electrons. The van der Waals surface area contributed by atoms with Crippen LogP contribution in [0.3, 0.4) is 0 Å². The number of fused-ring (bicyclic) bond motifs is 2. The minimum Gasteiger partial charge on any atom is -0.450 e. The fourth-order valence-corrected chi connectivity index (χ4v) is 4.43. The van der Waals surface area contributed by atoms with Gasteiger partial charge in [-0.15, -0.1) is 0 Å². The quantitative estimate of drug-likeness (QED) is 0.676. The first-order valence-electron chi connectivity index (χ1n) is 10.1. The highest BCUT2D eigenvalue weighted by Crippen LogP contribution is 2.39. The molecule has 1 fully saturated rings. The molecule has 0 aliphatic carbocycles. The third kappa shape index (κ3) is 2.97. The van der Waals surface area contributed by atoms with Gasteiger partial charge in [0.15, 0.2) is 5.43 Å². The van der Waals surface area contributed by atoms with Gasteiger partial charge in [0.05, 0.1) is 23.1 Å². The maximum atomic E-state index is 13.5. The maximum Gasteiger partial charge on any atom is 0.291 e. The molecule has 0 radical (unpaired) electrons. The summed E-state index contributed by atoms with van der Waals surface area (Å²) in [7, 11) is 0. The first kappa shape index (κ1) is 18.1. The van der Waals surface area contributed by atoms with Crippen molar-refractivity contribution in [2.24, 2.45) is 0 Å². The van der Waals surface area contributed by atoms with Crippen LogP contribution < -0.4 is 5.43 Å². The Balaban J connectivity index is 1.71. The van der Waals surface area contributed by atoms with E-state index in [-0.39, 0.29) is 23.2 Å². The summed E-state index contributed by atoms with van der Waals surface area (Å²) in [5.74, 6) is -0.0735. The lowest BCUT2D eigenvalue weighted by molar-refractivity contribution is 0.0486. The zero-order valence-corrected chi connectivity index (χ0v) is 16.6. The molecule has 1 aromatic heterocycles. The second-order valence-electron chi connectivity index (χ2n) is 8.08. The summed E-state index contributed by atoms with van der Waals surface area (Å²) in [6.45, 7) is 5.14. The van der Waals surface area contributed by atoms with Crippen LogP contribution in [0.2, 0.25) is 0 Å². The summed E-state index contributed by atoms with van der Waals surface area (Å²) in [6, 6.07) is 13.0. The molecule has 0 bridgehead atoms. The van der Waals surface area contributed by atoms with Crippen LogP contribution in [0.15, 0.2) is 51.7 Å². The van der Waals surface area contributed by atoms with Crippen LogP contribution in [0.5, 0.6) is 0 Å². The summed E-state index contributed by atoms with van der Waals surface area (Å²) in [5.41, 5.74) is 3.80. The number of hydrogen-bond donors (Lipinski definition) is 0. The number of aryl methyl sites for hydroxylation is 2. The number of hydrogen-bond acceptors (Lipinski definition) is 4.